The third-order valence-electron chi connectivity index (χ3n) is 3.13. The maximum Gasteiger partial charge on any atom is 0.406 e. The van der Waals surface area contributed by atoms with Crippen LogP contribution in [0.3, 0.4) is 0 Å². The summed E-state index contributed by atoms with van der Waals surface area (Å²) in [7, 11) is 0. The first-order chi connectivity index (χ1) is 10.2. The number of hydrogen-bond donors (Lipinski definition) is 1. The van der Waals surface area contributed by atoms with Crippen molar-refractivity contribution >= 4 is 6.03 Å². The lowest BCUT2D eigenvalue weighted by atomic mass is 9.98. The van der Waals surface area contributed by atoms with Crippen LogP contribution in [-0.2, 0) is 0 Å². The first-order valence-corrected chi connectivity index (χ1v) is 7.25. The van der Waals surface area contributed by atoms with Crippen molar-refractivity contribution < 1.29 is 18.0 Å². The van der Waals surface area contributed by atoms with Crippen molar-refractivity contribution in [2.45, 2.75) is 39.4 Å². The fraction of sp³-hybridized carbons (Fsp3) is 0.600. The Labute approximate surface area is 128 Å². The minimum absolute atomic E-state index is 0.00716. The zero-order chi connectivity index (χ0) is 16.8. The van der Waals surface area contributed by atoms with Crippen LogP contribution in [0, 0.1) is 5.92 Å². The van der Waals surface area contributed by atoms with Crippen LogP contribution in [0.15, 0.2) is 24.5 Å². The van der Waals surface area contributed by atoms with Gasteiger partial charge in [-0.25, -0.2) is 4.79 Å². The molecule has 0 radical (unpaired) electrons. The number of hydrogen-bond acceptors (Lipinski definition) is 2. The Morgan fingerprint density at radius 2 is 2.09 bits per heavy atom. The molecule has 1 aromatic rings. The Bertz CT molecular complexity index is 463. The van der Waals surface area contributed by atoms with Gasteiger partial charge in [0.2, 0.25) is 0 Å². The maximum absolute atomic E-state index is 12.5. The maximum atomic E-state index is 12.5. The molecule has 22 heavy (non-hydrogen) atoms. The lowest BCUT2D eigenvalue weighted by Gasteiger charge is -2.27. The first-order valence-electron chi connectivity index (χ1n) is 7.25. The Morgan fingerprint density at radius 1 is 1.41 bits per heavy atom. The molecular formula is C15H22F3N3O. The fourth-order valence-electron chi connectivity index (χ4n) is 2.12. The molecule has 4 nitrogen and oxygen atoms in total. The summed E-state index contributed by atoms with van der Waals surface area (Å²) in [5.41, 5.74) is 0.785. The molecule has 1 atom stereocenters. The SMILES string of the molecule is CCN(CC(F)(F)F)C(=O)N[C@@H](CC(C)C)c1cccnc1. The van der Waals surface area contributed by atoms with Crippen LogP contribution < -0.4 is 5.32 Å². The Balaban J connectivity index is 2.82. The van der Waals surface area contributed by atoms with Gasteiger partial charge in [-0.2, -0.15) is 13.2 Å². The van der Waals surface area contributed by atoms with E-state index in [0.29, 0.717) is 6.42 Å². The first kappa shape index (κ1) is 18.3. The van der Waals surface area contributed by atoms with Crippen molar-refractivity contribution in [3.05, 3.63) is 30.1 Å². The predicted molar refractivity (Wildman–Crippen MR) is 78.3 cm³/mol. The average molecular weight is 317 g/mol. The number of pyridine rings is 1. The van der Waals surface area contributed by atoms with Crippen molar-refractivity contribution in [2.24, 2.45) is 5.92 Å². The average Bonchev–Trinajstić information content (AvgIpc) is 2.43. The zero-order valence-corrected chi connectivity index (χ0v) is 13.0. The van der Waals surface area contributed by atoms with E-state index in [9.17, 15) is 18.0 Å². The summed E-state index contributed by atoms with van der Waals surface area (Å²) in [4.78, 5) is 16.9. The number of halogens is 3. The number of nitrogens with one attached hydrogen (secondary N) is 1. The Hall–Kier alpha value is -1.79. The van der Waals surface area contributed by atoms with E-state index in [0.717, 1.165) is 10.5 Å². The molecule has 0 aliphatic carbocycles. The van der Waals surface area contributed by atoms with Gasteiger partial charge in [0.1, 0.15) is 6.54 Å². The van der Waals surface area contributed by atoms with Gasteiger partial charge in [-0.1, -0.05) is 19.9 Å². The second-order valence-corrected chi connectivity index (χ2v) is 5.55. The molecule has 1 aromatic heterocycles. The van der Waals surface area contributed by atoms with Gasteiger partial charge in [0.25, 0.3) is 0 Å². The van der Waals surface area contributed by atoms with Gasteiger partial charge in [-0.05, 0) is 30.9 Å². The number of urea groups is 1. The van der Waals surface area contributed by atoms with E-state index in [-0.39, 0.29) is 18.5 Å². The number of rotatable bonds is 6. The Morgan fingerprint density at radius 3 is 2.55 bits per heavy atom. The number of alkyl halides is 3. The van der Waals surface area contributed by atoms with E-state index in [2.05, 4.69) is 10.3 Å². The highest BCUT2D eigenvalue weighted by Gasteiger charge is 2.33. The van der Waals surface area contributed by atoms with Crippen LogP contribution in [0.1, 0.15) is 38.8 Å². The third kappa shape index (κ3) is 6.32. The van der Waals surface area contributed by atoms with Crippen molar-refractivity contribution in [1.82, 2.24) is 15.2 Å². The minimum Gasteiger partial charge on any atom is -0.331 e. The molecule has 0 aliphatic rings. The third-order valence-corrected chi connectivity index (χ3v) is 3.13. The standard InChI is InChI=1S/C15H22F3N3O/c1-4-21(10-15(16,17)18)14(22)20-13(8-11(2)3)12-6-5-7-19-9-12/h5-7,9,11,13H,4,8,10H2,1-3H3,(H,20,22)/t13-/m0/s1. The number of aromatic nitrogens is 1. The van der Waals surface area contributed by atoms with Crippen LogP contribution in [-0.4, -0.2) is 35.2 Å². The molecule has 0 aromatic carbocycles. The molecule has 1 rings (SSSR count). The normalized spacial score (nSPS) is 13.0. The largest absolute Gasteiger partial charge is 0.406 e. The van der Waals surface area contributed by atoms with Gasteiger partial charge in [0.15, 0.2) is 0 Å². The second-order valence-electron chi connectivity index (χ2n) is 5.55. The van der Waals surface area contributed by atoms with Crippen LogP contribution in [0.25, 0.3) is 0 Å². The molecule has 2 amide bonds. The van der Waals surface area contributed by atoms with Gasteiger partial charge in [-0.3, -0.25) is 4.98 Å². The molecule has 7 heteroatoms. The van der Waals surface area contributed by atoms with Gasteiger partial charge < -0.3 is 10.2 Å². The van der Waals surface area contributed by atoms with E-state index in [1.165, 1.54) is 6.92 Å². The minimum atomic E-state index is -4.41. The van der Waals surface area contributed by atoms with Crippen LogP contribution in [0.4, 0.5) is 18.0 Å². The summed E-state index contributed by atoms with van der Waals surface area (Å²) < 4.78 is 37.5. The summed E-state index contributed by atoms with van der Waals surface area (Å²) in [5.74, 6) is 0.281. The van der Waals surface area contributed by atoms with Crippen LogP contribution >= 0.6 is 0 Å². The van der Waals surface area contributed by atoms with Crippen molar-refractivity contribution in [2.75, 3.05) is 13.1 Å². The number of carbonyl (C=O) groups is 1. The highest BCUT2D eigenvalue weighted by Crippen LogP contribution is 2.22. The smallest absolute Gasteiger partial charge is 0.331 e. The van der Waals surface area contributed by atoms with E-state index in [4.69, 9.17) is 0 Å². The van der Waals surface area contributed by atoms with Crippen LogP contribution in [0.5, 0.6) is 0 Å². The van der Waals surface area contributed by atoms with Gasteiger partial charge in [0.05, 0.1) is 6.04 Å². The van der Waals surface area contributed by atoms with Crippen molar-refractivity contribution in [1.29, 1.82) is 0 Å². The fourth-order valence-corrected chi connectivity index (χ4v) is 2.12. The molecule has 0 saturated carbocycles. The lowest BCUT2D eigenvalue weighted by molar-refractivity contribution is -0.139. The lowest BCUT2D eigenvalue weighted by Crippen LogP contribution is -2.46. The molecule has 0 bridgehead atoms. The molecular weight excluding hydrogens is 295 g/mol. The molecule has 0 aliphatic heterocycles. The molecule has 1 N–H and O–H groups in total. The van der Waals surface area contributed by atoms with E-state index < -0.39 is 18.8 Å². The zero-order valence-electron chi connectivity index (χ0n) is 13.0. The predicted octanol–water partition coefficient (Wildman–Crippen LogP) is 3.76. The molecule has 1 heterocycles. The quantitative estimate of drug-likeness (QED) is 0.868. The summed E-state index contributed by atoms with van der Waals surface area (Å²) in [5, 5.41) is 2.69. The summed E-state index contributed by atoms with van der Waals surface area (Å²) in [6.07, 6.45) is -0.552. The van der Waals surface area contributed by atoms with E-state index >= 15 is 0 Å². The summed E-state index contributed by atoms with van der Waals surface area (Å²) in [6.45, 7) is 4.24. The van der Waals surface area contributed by atoms with Gasteiger partial charge in [0, 0.05) is 18.9 Å². The highest BCUT2D eigenvalue weighted by atomic mass is 19.4. The number of amides is 2. The molecule has 0 unspecified atom stereocenters. The van der Waals surface area contributed by atoms with Crippen molar-refractivity contribution in [3.63, 3.8) is 0 Å². The van der Waals surface area contributed by atoms with Gasteiger partial charge >= 0.3 is 12.2 Å². The summed E-state index contributed by atoms with van der Waals surface area (Å²) >= 11 is 0. The van der Waals surface area contributed by atoms with Crippen LogP contribution in [0.2, 0.25) is 0 Å². The van der Waals surface area contributed by atoms with Crippen molar-refractivity contribution in [3.8, 4) is 0 Å². The molecule has 0 spiro atoms. The monoisotopic (exact) mass is 317 g/mol. The van der Waals surface area contributed by atoms with E-state index in [1.54, 1.807) is 24.5 Å². The number of carbonyl (C=O) groups excluding carboxylic acids is 1. The van der Waals surface area contributed by atoms with Gasteiger partial charge in [-0.15, -0.1) is 0 Å². The Kier molecular flexibility index (Phi) is 6.64. The molecule has 0 saturated heterocycles. The number of nitrogens with zero attached hydrogens (tertiary/aromatic N) is 2. The molecule has 124 valence electrons. The summed E-state index contributed by atoms with van der Waals surface area (Å²) in [6, 6.07) is 2.47. The topological polar surface area (TPSA) is 45.2 Å². The highest BCUT2D eigenvalue weighted by molar-refractivity contribution is 5.74. The van der Waals surface area contributed by atoms with E-state index in [1.807, 2.05) is 13.8 Å². The molecule has 0 fully saturated rings. The second kappa shape index (κ2) is 8.00.